The number of hydrogen-bond donors (Lipinski definition) is 2. The summed E-state index contributed by atoms with van der Waals surface area (Å²) in [5.74, 6) is 0.336. The summed E-state index contributed by atoms with van der Waals surface area (Å²) in [7, 11) is -2.30. The smallest absolute Gasteiger partial charge is 0.262 e. The van der Waals surface area contributed by atoms with Crippen molar-refractivity contribution in [2.45, 2.75) is 38.6 Å². The van der Waals surface area contributed by atoms with Gasteiger partial charge < -0.3 is 10.1 Å². The van der Waals surface area contributed by atoms with E-state index in [1.54, 1.807) is 50.4 Å². The van der Waals surface area contributed by atoms with Crippen LogP contribution in [0.25, 0.3) is 0 Å². The number of carbonyl (C=O) groups is 1. The van der Waals surface area contributed by atoms with Gasteiger partial charge in [0.2, 0.25) is 0 Å². The molecule has 0 spiro atoms. The van der Waals surface area contributed by atoms with E-state index in [0.717, 1.165) is 13.1 Å². The second-order valence-electron chi connectivity index (χ2n) is 7.29. The summed E-state index contributed by atoms with van der Waals surface area (Å²) in [5.41, 5.74) is 1.28. The zero-order valence-electron chi connectivity index (χ0n) is 18.2. The van der Waals surface area contributed by atoms with Crippen LogP contribution in [-0.2, 0) is 10.0 Å². The van der Waals surface area contributed by atoms with E-state index in [9.17, 15) is 13.2 Å². The number of ether oxygens (including phenoxy) is 1. The third-order valence-electron chi connectivity index (χ3n) is 4.90. The Balaban J connectivity index is 2.13. The summed E-state index contributed by atoms with van der Waals surface area (Å²) in [6.07, 6.45) is 0. The number of anilines is 1. The van der Waals surface area contributed by atoms with Crippen LogP contribution in [0.2, 0.25) is 0 Å². The number of methoxy groups -OCH3 is 1. The van der Waals surface area contributed by atoms with Gasteiger partial charge in [0.1, 0.15) is 5.75 Å². The van der Waals surface area contributed by atoms with Gasteiger partial charge in [0.05, 0.1) is 12.0 Å². The second kappa shape index (κ2) is 10.4. The fourth-order valence-corrected chi connectivity index (χ4v) is 4.43. The van der Waals surface area contributed by atoms with E-state index < -0.39 is 10.0 Å². The first-order valence-electron chi connectivity index (χ1n) is 9.97. The molecule has 2 N–H and O–H groups in total. The first-order chi connectivity index (χ1) is 14.2. The molecule has 0 saturated carbocycles. The highest BCUT2D eigenvalue weighted by Crippen LogP contribution is 2.22. The third kappa shape index (κ3) is 6.21. The SMILES string of the molecule is CCN(CCNC(=O)c1ccc(C)c(S(=O)(=O)Nc2ccc(OC)cc2)c1)C(C)C. The Kier molecular flexibility index (Phi) is 8.25. The molecule has 0 aliphatic rings. The van der Waals surface area contributed by atoms with E-state index in [1.165, 1.54) is 6.07 Å². The van der Waals surface area contributed by atoms with E-state index in [1.807, 2.05) is 0 Å². The van der Waals surface area contributed by atoms with Crippen molar-refractivity contribution in [3.05, 3.63) is 53.6 Å². The van der Waals surface area contributed by atoms with E-state index in [2.05, 4.69) is 35.7 Å². The molecule has 8 heteroatoms. The molecular weight excluding hydrogens is 402 g/mol. The maximum atomic E-state index is 12.9. The molecule has 0 saturated heterocycles. The fourth-order valence-electron chi connectivity index (χ4n) is 3.10. The quantitative estimate of drug-likeness (QED) is 0.600. The lowest BCUT2D eigenvalue weighted by Crippen LogP contribution is -2.38. The van der Waals surface area contributed by atoms with E-state index >= 15 is 0 Å². The van der Waals surface area contributed by atoms with Crippen LogP contribution in [-0.4, -0.2) is 52.0 Å². The van der Waals surface area contributed by atoms with Crippen LogP contribution in [0, 0.1) is 6.92 Å². The highest BCUT2D eigenvalue weighted by molar-refractivity contribution is 7.92. The normalized spacial score (nSPS) is 11.6. The van der Waals surface area contributed by atoms with Crippen molar-refractivity contribution in [1.29, 1.82) is 0 Å². The average molecular weight is 434 g/mol. The second-order valence-corrected chi connectivity index (χ2v) is 8.94. The summed E-state index contributed by atoms with van der Waals surface area (Å²) < 4.78 is 33.4. The molecule has 164 valence electrons. The van der Waals surface area contributed by atoms with Crippen LogP contribution in [0.3, 0.4) is 0 Å². The summed E-state index contributed by atoms with van der Waals surface area (Å²) in [5, 5.41) is 2.87. The van der Waals surface area contributed by atoms with Gasteiger partial charge in [-0.15, -0.1) is 0 Å². The Labute approximate surface area is 179 Å². The van der Waals surface area contributed by atoms with Gasteiger partial charge in [0.15, 0.2) is 0 Å². The summed E-state index contributed by atoms with van der Waals surface area (Å²) in [6, 6.07) is 11.7. The summed E-state index contributed by atoms with van der Waals surface area (Å²) in [6.45, 7) is 10.1. The van der Waals surface area contributed by atoms with Gasteiger partial charge in [0.25, 0.3) is 15.9 Å². The third-order valence-corrected chi connectivity index (χ3v) is 6.43. The van der Waals surface area contributed by atoms with Crippen LogP contribution in [0.1, 0.15) is 36.7 Å². The summed E-state index contributed by atoms with van der Waals surface area (Å²) in [4.78, 5) is 14.9. The van der Waals surface area contributed by atoms with E-state index in [4.69, 9.17) is 4.74 Å². The van der Waals surface area contributed by atoms with Crippen LogP contribution < -0.4 is 14.8 Å². The van der Waals surface area contributed by atoms with Crippen molar-refractivity contribution in [2.24, 2.45) is 0 Å². The molecule has 0 aliphatic heterocycles. The molecule has 2 rings (SSSR count). The van der Waals surface area contributed by atoms with Crippen molar-refractivity contribution in [1.82, 2.24) is 10.2 Å². The first kappa shape index (κ1) is 23.7. The fraction of sp³-hybridized carbons (Fsp3) is 0.409. The Morgan fingerprint density at radius 3 is 2.37 bits per heavy atom. The molecule has 0 atom stereocenters. The molecule has 1 amide bonds. The lowest BCUT2D eigenvalue weighted by molar-refractivity contribution is 0.0945. The highest BCUT2D eigenvalue weighted by Gasteiger charge is 2.19. The predicted octanol–water partition coefficient (Wildman–Crippen LogP) is 3.26. The Morgan fingerprint density at radius 1 is 1.13 bits per heavy atom. The minimum atomic E-state index is -3.85. The molecule has 7 nitrogen and oxygen atoms in total. The van der Waals surface area contributed by atoms with Crippen LogP contribution in [0.15, 0.2) is 47.4 Å². The number of sulfonamides is 1. The minimum Gasteiger partial charge on any atom is -0.497 e. The molecule has 0 heterocycles. The Morgan fingerprint density at radius 2 is 1.80 bits per heavy atom. The monoisotopic (exact) mass is 433 g/mol. The van der Waals surface area contributed by atoms with Crippen LogP contribution in [0.4, 0.5) is 5.69 Å². The maximum absolute atomic E-state index is 12.9. The zero-order valence-corrected chi connectivity index (χ0v) is 19.0. The predicted molar refractivity (Wildman–Crippen MR) is 120 cm³/mol. The topological polar surface area (TPSA) is 87.7 Å². The molecule has 0 fully saturated rings. The molecule has 0 radical (unpaired) electrons. The molecule has 30 heavy (non-hydrogen) atoms. The van der Waals surface area contributed by atoms with Crippen molar-refractivity contribution >= 4 is 21.6 Å². The number of nitrogens with zero attached hydrogens (tertiary/aromatic N) is 1. The first-order valence-corrected chi connectivity index (χ1v) is 11.5. The molecule has 0 unspecified atom stereocenters. The molecule has 0 aromatic heterocycles. The van der Waals surface area contributed by atoms with E-state index in [-0.39, 0.29) is 10.8 Å². The van der Waals surface area contributed by atoms with Crippen LogP contribution in [0.5, 0.6) is 5.75 Å². The van der Waals surface area contributed by atoms with Gasteiger partial charge in [-0.25, -0.2) is 8.42 Å². The van der Waals surface area contributed by atoms with Gasteiger partial charge in [-0.1, -0.05) is 13.0 Å². The Hall–Kier alpha value is -2.58. The van der Waals surface area contributed by atoms with Crippen molar-refractivity contribution < 1.29 is 17.9 Å². The van der Waals surface area contributed by atoms with Gasteiger partial charge in [-0.05, 0) is 69.3 Å². The molecule has 0 bridgehead atoms. The largest absolute Gasteiger partial charge is 0.497 e. The number of likely N-dealkylation sites (N-methyl/N-ethyl adjacent to an activating group) is 1. The van der Waals surface area contributed by atoms with Crippen LogP contribution >= 0.6 is 0 Å². The van der Waals surface area contributed by atoms with Gasteiger partial charge in [-0.3, -0.25) is 14.4 Å². The maximum Gasteiger partial charge on any atom is 0.262 e. The molecule has 2 aromatic carbocycles. The number of nitrogens with one attached hydrogen (secondary N) is 2. The molecule has 0 aliphatic carbocycles. The van der Waals surface area contributed by atoms with E-state index in [0.29, 0.717) is 35.2 Å². The lowest BCUT2D eigenvalue weighted by Gasteiger charge is -2.24. The number of benzene rings is 2. The number of carbonyl (C=O) groups excluding carboxylic acids is 1. The minimum absolute atomic E-state index is 0.0725. The zero-order chi connectivity index (χ0) is 22.3. The molecular formula is C22H31N3O4S. The number of rotatable bonds is 10. The van der Waals surface area contributed by atoms with Crippen molar-refractivity contribution in [3.63, 3.8) is 0 Å². The molecule has 2 aromatic rings. The average Bonchev–Trinajstić information content (AvgIpc) is 2.71. The number of hydrogen-bond acceptors (Lipinski definition) is 5. The standard InChI is InChI=1S/C22H31N3O4S/c1-6-25(16(2)3)14-13-23-22(26)18-8-7-17(4)21(15-18)30(27,28)24-19-9-11-20(29-5)12-10-19/h7-12,15-16,24H,6,13-14H2,1-5H3,(H,23,26). The van der Waals surface area contributed by atoms with Gasteiger partial charge in [0, 0.05) is 30.4 Å². The number of amides is 1. The van der Waals surface area contributed by atoms with Crippen molar-refractivity contribution in [2.75, 3.05) is 31.5 Å². The van der Waals surface area contributed by atoms with Gasteiger partial charge >= 0.3 is 0 Å². The number of aryl methyl sites for hydroxylation is 1. The highest BCUT2D eigenvalue weighted by atomic mass is 32.2. The van der Waals surface area contributed by atoms with Crippen molar-refractivity contribution in [3.8, 4) is 5.75 Å². The lowest BCUT2D eigenvalue weighted by atomic mass is 10.1. The summed E-state index contributed by atoms with van der Waals surface area (Å²) >= 11 is 0. The van der Waals surface area contributed by atoms with Gasteiger partial charge in [-0.2, -0.15) is 0 Å². The Bertz CT molecular complexity index is 957.